The number of methoxy groups -OCH3 is 1. The second-order valence-corrected chi connectivity index (χ2v) is 9.33. The second kappa shape index (κ2) is 12.9. The minimum absolute atomic E-state index is 0.00137. The number of rotatable bonds is 11. The van der Waals surface area contributed by atoms with Gasteiger partial charge in [-0.15, -0.1) is 11.3 Å². The maximum absolute atomic E-state index is 13.5. The van der Waals surface area contributed by atoms with Crippen molar-refractivity contribution in [3.63, 3.8) is 0 Å². The predicted octanol–water partition coefficient (Wildman–Crippen LogP) is 5.46. The van der Waals surface area contributed by atoms with Gasteiger partial charge in [-0.2, -0.15) is 0 Å². The first-order chi connectivity index (χ1) is 16.5. The van der Waals surface area contributed by atoms with Crippen LogP contribution in [-0.4, -0.2) is 48.5 Å². The number of amides is 3. The smallest absolute Gasteiger partial charge is 0.322 e. The summed E-state index contributed by atoms with van der Waals surface area (Å²) < 4.78 is 5.17. The van der Waals surface area contributed by atoms with Crippen LogP contribution in [0.2, 0.25) is 0 Å². The van der Waals surface area contributed by atoms with Crippen LogP contribution in [0.3, 0.4) is 0 Å². The number of thiophene rings is 1. The highest BCUT2D eigenvalue weighted by atomic mass is 32.1. The molecule has 1 aromatic heterocycles. The van der Waals surface area contributed by atoms with E-state index in [1.807, 2.05) is 71.8 Å². The van der Waals surface area contributed by atoms with E-state index in [-0.39, 0.29) is 18.5 Å². The van der Waals surface area contributed by atoms with E-state index in [1.165, 1.54) is 5.56 Å². The Balaban J connectivity index is 1.76. The van der Waals surface area contributed by atoms with E-state index in [4.69, 9.17) is 4.74 Å². The number of hydrogen-bond donors (Lipinski definition) is 1. The summed E-state index contributed by atoms with van der Waals surface area (Å²) in [5.74, 6) is -0.0894. The lowest BCUT2D eigenvalue weighted by Gasteiger charge is -2.28. The van der Waals surface area contributed by atoms with Crippen LogP contribution in [0.5, 0.6) is 0 Å². The quantitative estimate of drug-likeness (QED) is 0.371. The van der Waals surface area contributed by atoms with E-state index in [1.54, 1.807) is 23.3 Å². The van der Waals surface area contributed by atoms with Crippen molar-refractivity contribution in [2.24, 2.45) is 0 Å². The van der Waals surface area contributed by atoms with Gasteiger partial charge in [-0.3, -0.25) is 4.79 Å². The van der Waals surface area contributed by atoms with Gasteiger partial charge in [0.1, 0.15) is 6.54 Å². The first-order valence-electron chi connectivity index (χ1n) is 11.4. The largest absolute Gasteiger partial charge is 0.385 e. The third kappa shape index (κ3) is 7.71. The van der Waals surface area contributed by atoms with Crippen LogP contribution < -0.4 is 5.32 Å². The highest BCUT2D eigenvalue weighted by Gasteiger charge is 2.22. The molecule has 6 nitrogen and oxygen atoms in total. The molecule has 180 valence electrons. The lowest BCUT2D eigenvalue weighted by Crippen LogP contribution is -2.44. The normalized spacial score (nSPS) is 10.7. The van der Waals surface area contributed by atoms with Gasteiger partial charge in [-0.05, 0) is 60.5 Å². The van der Waals surface area contributed by atoms with Crippen molar-refractivity contribution in [3.8, 4) is 0 Å². The molecule has 3 amide bonds. The molecule has 0 unspecified atom stereocenters. The van der Waals surface area contributed by atoms with Crippen molar-refractivity contribution < 1.29 is 14.3 Å². The second-order valence-electron chi connectivity index (χ2n) is 8.33. The highest BCUT2D eigenvalue weighted by Crippen LogP contribution is 2.20. The fourth-order valence-electron chi connectivity index (χ4n) is 3.62. The zero-order valence-corrected chi connectivity index (χ0v) is 20.9. The molecule has 0 fully saturated rings. The van der Waals surface area contributed by atoms with Gasteiger partial charge in [0.25, 0.3) is 0 Å². The Bertz CT molecular complexity index is 1070. The maximum Gasteiger partial charge on any atom is 0.322 e. The summed E-state index contributed by atoms with van der Waals surface area (Å²) in [4.78, 5) is 31.2. The van der Waals surface area contributed by atoms with Crippen molar-refractivity contribution in [3.05, 3.63) is 87.6 Å². The lowest BCUT2D eigenvalue weighted by atomic mass is 10.2. The van der Waals surface area contributed by atoms with Crippen molar-refractivity contribution >= 4 is 29.0 Å². The third-order valence-corrected chi connectivity index (χ3v) is 6.54. The van der Waals surface area contributed by atoms with Gasteiger partial charge >= 0.3 is 6.03 Å². The molecule has 3 rings (SSSR count). The van der Waals surface area contributed by atoms with Gasteiger partial charge < -0.3 is 19.9 Å². The fraction of sp³-hybridized carbons (Fsp3) is 0.333. The van der Waals surface area contributed by atoms with Crippen molar-refractivity contribution in [1.29, 1.82) is 0 Å². The summed E-state index contributed by atoms with van der Waals surface area (Å²) in [6.45, 7) is 5.98. The van der Waals surface area contributed by atoms with Crippen LogP contribution in [0.15, 0.2) is 66.0 Å². The first kappa shape index (κ1) is 25.5. The van der Waals surface area contributed by atoms with E-state index in [2.05, 4.69) is 18.3 Å². The average Bonchev–Trinajstić information content (AvgIpc) is 3.23. The zero-order chi connectivity index (χ0) is 24.3. The highest BCUT2D eigenvalue weighted by molar-refractivity contribution is 7.10. The van der Waals surface area contributed by atoms with Crippen LogP contribution in [0.1, 0.15) is 28.0 Å². The Morgan fingerprint density at radius 2 is 1.76 bits per heavy atom. The van der Waals surface area contributed by atoms with Crippen LogP contribution >= 0.6 is 11.3 Å². The number of hydrogen-bond acceptors (Lipinski definition) is 4. The van der Waals surface area contributed by atoms with Crippen LogP contribution in [-0.2, 0) is 22.6 Å². The Morgan fingerprint density at radius 1 is 0.971 bits per heavy atom. The molecule has 7 heteroatoms. The fourth-order valence-corrected chi connectivity index (χ4v) is 4.54. The number of aryl methyl sites for hydroxylation is 2. The molecular weight excluding hydrogens is 446 g/mol. The number of nitrogens with zero attached hydrogens (tertiary/aromatic N) is 2. The molecule has 0 atom stereocenters. The number of anilines is 1. The number of nitrogens with one attached hydrogen (secondary N) is 1. The first-order valence-corrected chi connectivity index (χ1v) is 12.3. The summed E-state index contributed by atoms with van der Waals surface area (Å²) in [5.41, 5.74) is 4.00. The molecule has 0 aliphatic carbocycles. The number of ether oxygens (including phenoxy) is 1. The number of benzene rings is 2. The summed E-state index contributed by atoms with van der Waals surface area (Å²) >= 11 is 1.65. The van der Waals surface area contributed by atoms with Gasteiger partial charge in [0.15, 0.2) is 0 Å². The molecule has 0 radical (unpaired) electrons. The van der Waals surface area contributed by atoms with E-state index in [0.29, 0.717) is 38.3 Å². The Labute approximate surface area is 206 Å². The zero-order valence-electron chi connectivity index (χ0n) is 20.1. The van der Waals surface area contributed by atoms with Crippen molar-refractivity contribution in [2.75, 3.05) is 32.1 Å². The minimum Gasteiger partial charge on any atom is -0.385 e. The van der Waals surface area contributed by atoms with Gasteiger partial charge in [0, 0.05) is 37.4 Å². The van der Waals surface area contributed by atoms with Gasteiger partial charge in [-0.1, -0.05) is 42.5 Å². The molecular formula is C27H33N3O3S. The van der Waals surface area contributed by atoms with Crippen LogP contribution in [0.25, 0.3) is 0 Å². The molecule has 0 saturated heterocycles. The predicted molar refractivity (Wildman–Crippen MR) is 138 cm³/mol. The molecule has 1 N–H and O–H groups in total. The van der Waals surface area contributed by atoms with E-state index in [0.717, 1.165) is 16.0 Å². The van der Waals surface area contributed by atoms with Crippen molar-refractivity contribution in [1.82, 2.24) is 9.80 Å². The number of urea groups is 1. The summed E-state index contributed by atoms with van der Waals surface area (Å²) in [7, 11) is 1.63. The molecule has 1 heterocycles. The molecule has 0 aliphatic rings. The Morgan fingerprint density at radius 3 is 2.44 bits per heavy atom. The molecule has 34 heavy (non-hydrogen) atoms. The SMILES string of the molecule is COCCCN(CC(=O)N(Cc1ccccc1)Cc1sccc1C)C(=O)Nc1cccc(C)c1. The van der Waals surface area contributed by atoms with Crippen molar-refractivity contribution in [2.45, 2.75) is 33.4 Å². The molecule has 0 aliphatic heterocycles. The lowest BCUT2D eigenvalue weighted by molar-refractivity contribution is -0.133. The number of carbonyl (C=O) groups is 2. The van der Waals surface area contributed by atoms with Crippen LogP contribution in [0.4, 0.5) is 10.5 Å². The molecule has 2 aromatic carbocycles. The summed E-state index contributed by atoms with van der Waals surface area (Å²) in [6, 6.07) is 19.4. The number of carbonyl (C=O) groups excluding carboxylic acids is 2. The Kier molecular flexibility index (Phi) is 9.67. The van der Waals surface area contributed by atoms with E-state index in [9.17, 15) is 9.59 Å². The van der Waals surface area contributed by atoms with Crippen LogP contribution in [0, 0.1) is 13.8 Å². The topological polar surface area (TPSA) is 61.9 Å². The van der Waals surface area contributed by atoms with E-state index < -0.39 is 0 Å². The molecule has 0 spiro atoms. The third-order valence-electron chi connectivity index (χ3n) is 5.53. The summed E-state index contributed by atoms with van der Waals surface area (Å²) in [5, 5.41) is 4.98. The molecule has 3 aromatic rings. The summed E-state index contributed by atoms with van der Waals surface area (Å²) in [6.07, 6.45) is 0.647. The Hall–Kier alpha value is -3.16. The van der Waals surface area contributed by atoms with E-state index >= 15 is 0 Å². The average molecular weight is 480 g/mol. The molecule has 0 saturated carbocycles. The monoisotopic (exact) mass is 479 g/mol. The van der Waals surface area contributed by atoms with Gasteiger partial charge in [0.2, 0.25) is 5.91 Å². The molecule has 0 bridgehead atoms. The maximum atomic E-state index is 13.5. The van der Waals surface area contributed by atoms with Gasteiger partial charge in [0.05, 0.1) is 6.54 Å². The van der Waals surface area contributed by atoms with Gasteiger partial charge in [-0.25, -0.2) is 4.79 Å². The standard InChI is InChI=1S/C27H33N3O3S/c1-21-9-7-12-24(17-21)28-27(32)29(14-8-15-33-3)20-26(31)30(18-23-10-5-4-6-11-23)19-25-22(2)13-16-34-25/h4-7,9-13,16-17H,8,14-15,18-20H2,1-3H3,(H,28,32). The minimum atomic E-state index is -0.290.